The maximum atomic E-state index is 12.8. The van der Waals surface area contributed by atoms with Crippen LogP contribution in [0.15, 0.2) is 30.3 Å². The van der Waals surface area contributed by atoms with Crippen LogP contribution >= 0.6 is 0 Å². The maximum Gasteiger partial charge on any atom is 0.158 e. The van der Waals surface area contributed by atoms with Crippen LogP contribution in [0.25, 0.3) is 0 Å². The molecule has 1 aromatic carbocycles. The predicted octanol–water partition coefficient (Wildman–Crippen LogP) is -1.11. The van der Waals surface area contributed by atoms with Crippen molar-refractivity contribution in [1.82, 2.24) is 4.90 Å². The topological polar surface area (TPSA) is 20.3 Å². The van der Waals surface area contributed by atoms with Gasteiger partial charge >= 0.3 is 0 Å². The normalized spacial score (nSPS) is 43.7. The number of halogens is 1. The van der Waals surface area contributed by atoms with Crippen molar-refractivity contribution < 1.29 is 21.7 Å². The van der Waals surface area contributed by atoms with E-state index in [4.69, 9.17) is 0 Å². The largest absolute Gasteiger partial charge is 1.00 e. The number of Topliss-reactive ketones (excluding diaryl/α,β-unsaturated/α-hetero) is 1. The number of quaternary nitrogens is 1. The van der Waals surface area contributed by atoms with E-state index in [0.29, 0.717) is 5.78 Å². The standard InChI is InChI=1S/C17H23N2O.ClH/c1-16-9-18-10-17(2,15(16)20)12-19(11-16,13-18)8-14-6-4-3-5-7-14;/h3-7H,8-13H2,1-2H3;1H/q+1;/p-1. The molecular weight excluding hydrogens is 284 g/mol. The molecule has 2 atom stereocenters. The van der Waals surface area contributed by atoms with Crippen molar-refractivity contribution in [3.63, 3.8) is 0 Å². The third-order valence-electron chi connectivity index (χ3n) is 5.47. The Bertz CT molecular complexity index is 551. The van der Waals surface area contributed by atoms with Crippen LogP contribution in [-0.2, 0) is 11.3 Å². The fraction of sp³-hybridized carbons (Fsp3) is 0.588. The van der Waals surface area contributed by atoms with Gasteiger partial charge in [-0.1, -0.05) is 30.3 Å². The predicted molar refractivity (Wildman–Crippen MR) is 77.8 cm³/mol. The summed E-state index contributed by atoms with van der Waals surface area (Å²) in [6.07, 6.45) is 0. The van der Waals surface area contributed by atoms with Gasteiger partial charge in [0.05, 0.1) is 23.9 Å². The molecule has 0 amide bonds. The average molecular weight is 307 g/mol. The lowest BCUT2D eigenvalue weighted by Crippen LogP contribution is -3.00. The fourth-order valence-electron chi connectivity index (χ4n) is 5.45. The van der Waals surface area contributed by atoms with E-state index in [9.17, 15) is 4.79 Å². The Labute approximate surface area is 132 Å². The molecule has 4 heterocycles. The van der Waals surface area contributed by atoms with Gasteiger partial charge in [0.2, 0.25) is 0 Å². The van der Waals surface area contributed by atoms with Crippen molar-refractivity contribution >= 4 is 5.78 Å². The van der Waals surface area contributed by atoms with Gasteiger partial charge in [-0.25, -0.2) is 0 Å². The lowest BCUT2D eigenvalue weighted by atomic mass is 9.61. The summed E-state index contributed by atoms with van der Waals surface area (Å²) in [6.45, 7) is 10.5. The quantitative estimate of drug-likeness (QED) is 0.646. The number of rotatable bonds is 2. The van der Waals surface area contributed by atoms with Gasteiger partial charge in [0.1, 0.15) is 13.2 Å². The third-order valence-corrected chi connectivity index (χ3v) is 5.47. The highest BCUT2D eigenvalue weighted by atomic mass is 35.5. The Kier molecular flexibility index (Phi) is 3.25. The van der Waals surface area contributed by atoms with Crippen molar-refractivity contribution in [3.8, 4) is 0 Å². The monoisotopic (exact) mass is 306 g/mol. The Morgan fingerprint density at radius 2 is 1.67 bits per heavy atom. The molecule has 0 spiro atoms. The number of hydrogen-bond acceptors (Lipinski definition) is 2. The van der Waals surface area contributed by atoms with E-state index >= 15 is 0 Å². The minimum absolute atomic E-state index is 0. The van der Waals surface area contributed by atoms with Crippen LogP contribution in [0.4, 0.5) is 0 Å². The zero-order valence-electron chi connectivity index (χ0n) is 12.8. The van der Waals surface area contributed by atoms with E-state index in [1.807, 2.05) is 0 Å². The second-order valence-electron chi connectivity index (χ2n) is 7.88. The summed E-state index contributed by atoms with van der Waals surface area (Å²) in [7, 11) is 0. The summed E-state index contributed by atoms with van der Waals surface area (Å²) in [5.74, 6) is 0.516. The molecule has 4 aliphatic heterocycles. The van der Waals surface area contributed by atoms with Gasteiger partial charge in [-0.15, -0.1) is 0 Å². The molecule has 3 nitrogen and oxygen atoms in total. The van der Waals surface area contributed by atoms with Crippen LogP contribution in [0.5, 0.6) is 0 Å². The molecule has 0 radical (unpaired) electrons. The van der Waals surface area contributed by atoms with Gasteiger partial charge in [0, 0.05) is 18.7 Å². The van der Waals surface area contributed by atoms with Crippen molar-refractivity contribution in [2.45, 2.75) is 20.4 Å². The summed E-state index contributed by atoms with van der Waals surface area (Å²) in [5, 5.41) is 0. The second kappa shape index (κ2) is 4.55. The smallest absolute Gasteiger partial charge is 0.158 e. The van der Waals surface area contributed by atoms with Gasteiger partial charge in [0.25, 0.3) is 0 Å². The Balaban J connectivity index is 0.00000132. The van der Waals surface area contributed by atoms with Crippen molar-refractivity contribution in [3.05, 3.63) is 35.9 Å². The first-order chi connectivity index (χ1) is 9.43. The van der Waals surface area contributed by atoms with Gasteiger partial charge in [-0.05, 0) is 13.8 Å². The summed E-state index contributed by atoms with van der Waals surface area (Å²) in [5.41, 5.74) is 1.15. The fourth-order valence-corrected chi connectivity index (χ4v) is 5.45. The van der Waals surface area contributed by atoms with E-state index in [-0.39, 0.29) is 23.2 Å². The zero-order chi connectivity index (χ0) is 14.0. The van der Waals surface area contributed by atoms with Gasteiger partial charge < -0.3 is 16.9 Å². The summed E-state index contributed by atoms with van der Waals surface area (Å²) < 4.78 is 1.07. The van der Waals surface area contributed by atoms with Crippen molar-refractivity contribution in [2.75, 3.05) is 32.8 Å². The SMILES string of the molecule is CC12CN3CC(C)(C[N+](Cc4ccccc4)(C3)C1)C2=O.[Cl-]. The molecule has 0 saturated carbocycles. The first-order valence-electron chi connectivity index (χ1n) is 7.60. The molecule has 4 fully saturated rings. The molecule has 1 aromatic rings. The molecule has 4 saturated heterocycles. The maximum absolute atomic E-state index is 12.8. The van der Waals surface area contributed by atoms with E-state index < -0.39 is 0 Å². The van der Waals surface area contributed by atoms with Gasteiger partial charge in [-0.2, -0.15) is 0 Å². The minimum Gasteiger partial charge on any atom is -1.00 e. The van der Waals surface area contributed by atoms with Crippen LogP contribution in [0.2, 0.25) is 0 Å². The summed E-state index contributed by atoms with van der Waals surface area (Å²) >= 11 is 0. The Morgan fingerprint density at radius 1 is 1.10 bits per heavy atom. The Hall–Kier alpha value is -0.900. The highest BCUT2D eigenvalue weighted by molar-refractivity contribution is 5.92. The van der Waals surface area contributed by atoms with Crippen molar-refractivity contribution in [1.29, 1.82) is 0 Å². The highest BCUT2D eigenvalue weighted by Crippen LogP contribution is 2.50. The molecular formula is C17H23ClN2O. The minimum atomic E-state index is -0.127. The van der Waals surface area contributed by atoms with Gasteiger partial charge in [0.15, 0.2) is 5.78 Å². The molecule has 0 N–H and O–H groups in total. The number of piperidine rings is 2. The first-order valence-corrected chi connectivity index (χ1v) is 7.60. The van der Waals surface area contributed by atoms with Gasteiger partial charge in [-0.3, -0.25) is 9.69 Å². The molecule has 5 rings (SSSR count). The Morgan fingerprint density at radius 3 is 2.24 bits per heavy atom. The average Bonchev–Trinajstić information content (AvgIpc) is 2.35. The molecule has 4 bridgehead atoms. The van der Waals surface area contributed by atoms with E-state index in [0.717, 1.165) is 43.9 Å². The van der Waals surface area contributed by atoms with Crippen molar-refractivity contribution in [2.24, 2.45) is 10.8 Å². The van der Waals surface area contributed by atoms with E-state index in [2.05, 4.69) is 49.1 Å². The van der Waals surface area contributed by atoms with Crippen LogP contribution in [0.1, 0.15) is 19.4 Å². The van der Waals surface area contributed by atoms with Crippen LogP contribution < -0.4 is 12.4 Å². The molecule has 2 unspecified atom stereocenters. The number of ketones is 1. The zero-order valence-corrected chi connectivity index (χ0v) is 13.6. The number of nitrogens with zero attached hydrogens (tertiary/aromatic N) is 2. The summed E-state index contributed by atoms with van der Waals surface area (Å²) in [4.78, 5) is 15.3. The molecule has 0 aromatic heterocycles. The number of carbonyl (C=O) groups excluding carboxylic acids is 1. The molecule has 114 valence electrons. The molecule has 0 aliphatic carbocycles. The number of benzene rings is 1. The van der Waals surface area contributed by atoms with Crippen LogP contribution in [0.3, 0.4) is 0 Å². The van der Waals surface area contributed by atoms with Crippen LogP contribution in [0, 0.1) is 10.8 Å². The lowest BCUT2D eigenvalue weighted by molar-refractivity contribution is -0.975. The second-order valence-corrected chi connectivity index (χ2v) is 7.88. The lowest BCUT2D eigenvalue weighted by Gasteiger charge is -2.65. The summed E-state index contributed by atoms with van der Waals surface area (Å²) in [6, 6.07) is 10.8. The third kappa shape index (κ3) is 2.14. The highest BCUT2D eigenvalue weighted by Gasteiger charge is 2.66. The molecule has 21 heavy (non-hydrogen) atoms. The first kappa shape index (κ1) is 15.0. The number of hydrogen-bond donors (Lipinski definition) is 0. The molecule has 4 aliphatic rings. The van der Waals surface area contributed by atoms with E-state index in [1.165, 1.54) is 5.56 Å². The molecule has 4 heteroatoms. The number of carbonyl (C=O) groups is 1. The van der Waals surface area contributed by atoms with Crippen LogP contribution in [-0.4, -0.2) is 48.0 Å². The van der Waals surface area contributed by atoms with E-state index in [1.54, 1.807) is 0 Å².